The highest BCUT2D eigenvalue weighted by Crippen LogP contribution is 2.25. The zero-order valence-electron chi connectivity index (χ0n) is 15.5. The van der Waals surface area contributed by atoms with Gasteiger partial charge in [0.2, 0.25) is 10.0 Å². The Kier molecular flexibility index (Phi) is 6.51. The van der Waals surface area contributed by atoms with Crippen LogP contribution in [0, 0.1) is 10.1 Å². The van der Waals surface area contributed by atoms with Crippen LogP contribution in [0.2, 0.25) is 5.02 Å². The third kappa shape index (κ3) is 4.92. The SMILES string of the molecule is O=C(Nc1ccc(S(=O)(=O)N2CCCCCC2)cc1)c1cc([N+](=O)[O-])ccc1Cl. The van der Waals surface area contributed by atoms with Crippen LogP contribution in [0.15, 0.2) is 47.4 Å². The number of nitro benzene ring substituents is 1. The molecule has 0 bridgehead atoms. The molecular formula is C19H20ClN3O5S. The van der Waals surface area contributed by atoms with Crippen LogP contribution in [-0.2, 0) is 10.0 Å². The van der Waals surface area contributed by atoms with Crippen LogP contribution in [-0.4, -0.2) is 36.6 Å². The van der Waals surface area contributed by atoms with Gasteiger partial charge in [0.25, 0.3) is 11.6 Å². The zero-order valence-corrected chi connectivity index (χ0v) is 17.1. The lowest BCUT2D eigenvalue weighted by Crippen LogP contribution is -2.31. The summed E-state index contributed by atoms with van der Waals surface area (Å²) in [6.07, 6.45) is 3.74. The molecule has 3 rings (SSSR count). The average molecular weight is 438 g/mol. The van der Waals surface area contributed by atoms with E-state index in [1.54, 1.807) is 0 Å². The second-order valence-electron chi connectivity index (χ2n) is 6.72. The Bertz CT molecular complexity index is 1020. The number of non-ortho nitro benzene ring substituents is 1. The first kappa shape index (κ1) is 21.2. The largest absolute Gasteiger partial charge is 0.322 e. The van der Waals surface area contributed by atoms with Gasteiger partial charge < -0.3 is 5.32 Å². The van der Waals surface area contributed by atoms with E-state index in [4.69, 9.17) is 11.6 Å². The van der Waals surface area contributed by atoms with E-state index in [2.05, 4.69) is 5.32 Å². The number of nitro groups is 1. The predicted octanol–water partition coefficient (Wildman–Crippen LogP) is 4.07. The van der Waals surface area contributed by atoms with E-state index in [1.807, 2.05) is 0 Å². The van der Waals surface area contributed by atoms with Crippen molar-refractivity contribution in [3.63, 3.8) is 0 Å². The molecule has 0 aromatic heterocycles. The van der Waals surface area contributed by atoms with E-state index in [-0.39, 0.29) is 21.2 Å². The zero-order chi connectivity index (χ0) is 21.0. The molecule has 29 heavy (non-hydrogen) atoms. The molecule has 154 valence electrons. The van der Waals surface area contributed by atoms with E-state index in [9.17, 15) is 23.3 Å². The van der Waals surface area contributed by atoms with Crippen molar-refractivity contribution in [1.82, 2.24) is 4.31 Å². The summed E-state index contributed by atoms with van der Waals surface area (Å²) in [5, 5.41) is 13.6. The van der Waals surface area contributed by atoms with Crippen LogP contribution in [0.5, 0.6) is 0 Å². The summed E-state index contributed by atoms with van der Waals surface area (Å²) < 4.78 is 27.1. The molecule has 1 saturated heterocycles. The fraction of sp³-hybridized carbons (Fsp3) is 0.316. The van der Waals surface area contributed by atoms with Gasteiger partial charge in [-0.3, -0.25) is 14.9 Å². The quantitative estimate of drug-likeness (QED) is 0.560. The van der Waals surface area contributed by atoms with Crippen LogP contribution in [0.4, 0.5) is 11.4 Å². The molecule has 1 amide bonds. The molecule has 0 saturated carbocycles. The highest BCUT2D eigenvalue weighted by atomic mass is 35.5. The van der Waals surface area contributed by atoms with Crippen molar-refractivity contribution in [2.75, 3.05) is 18.4 Å². The number of sulfonamides is 1. The molecule has 0 spiro atoms. The lowest BCUT2D eigenvalue weighted by atomic mass is 10.2. The maximum Gasteiger partial charge on any atom is 0.270 e. The van der Waals surface area contributed by atoms with Crippen LogP contribution in [0.25, 0.3) is 0 Å². The molecule has 2 aromatic carbocycles. The Labute approximate surface area is 173 Å². The predicted molar refractivity (Wildman–Crippen MR) is 110 cm³/mol. The number of halogens is 1. The van der Waals surface area contributed by atoms with Crippen molar-refractivity contribution in [2.45, 2.75) is 30.6 Å². The standard InChI is InChI=1S/C19H20ClN3O5S/c20-18-10-7-15(23(25)26)13-17(18)19(24)21-14-5-8-16(9-6-14)29(27,28)22-11-3-1-2-4-12-22/h5-10,13H,1-4,11-12H2,(H,21,24). The monoisotopic (exact) mass is 437 g/mol. The molecule has 1 fully saturated rings. The Morgan fingerprint density at radius 1 is 1.03 bits per heavy atom. The lowest BCUT2D eigenvalue weighted by molar-refractivity contribution is -0.384. The Hall–Kier alpha value is -2.49. The van der Waals surface area contributed by atoms with Gasteiger partial charge in [-0.2, -0.15) is 4.31 Å². The van der Waals surface area contributed by atoms with Crippen molar-refractivity contribution in [2.24, 2.45) is 0 Å². The first-order valence-electron chi connectivity index (χ1n) is 9.14. The van der Waals surface area contributed by atoms with Crippen molar-refractivity contribution in [3.05, 3.63) is 63.2 Å². The summed E-state index contributed by atoms with van der Waals surface area (Å²) in [7, 11) is -3.58. The van der Waals surface area contributed by atoms with Gasteiger partial charge in [0.05, 0.1) is 20.4 Å². The number of carbonyl (C=O) groups is 1. The van der Waals surface area contributed by atoms with Gasteiger partial charge in [-0.05, 0) is 43.2 Å². The average Bonchev–Trinajstić information content (AvgIpc) is 2.98. The van der Waals surface area contributed by atoms with Gasteiger partial charge in [-0.15, -0.1) is 0 Å². The minimum atomic E-state index is -3.58. The summed E-state index contributed by atoms with van der Waals surface area (Å²) in [5.74, 6) is -0.623. The Morgan fingerprint density at radius 2 is 1.66 bits per heavy atom. The third-order valence-electron chi connectivity index (χ3n) is 4.72. The molecule has 1 heterocycles. The second-order valence-corrected chi connectivity index (χ2v) is 9.06. The van der Waals surface area contributed by atoms with Gasteiger partial charge in [0, 0.05) is 30.9 Å². The van der Waals surface area contributed by atoms with Crippen LogP contribution < -0.4 is 5.32 Å². The normalized spacial score (nSPS) is 15.5. The molecule has 1 N–H and O–H groups in total. The summed E-state index contributed by atoms with van der Waals surface area (Å²) in [5.41, 5.74) is 0.0629. The Morgan fingerprint density at radius 3 is 2.24 bits per heavy atom. The smallest absolute Gasteiger partial charge is 0.270 e. The number of carbonyl (C=O) groups excluding carboxylic acids is 1. The molecule has 0 atom stereocenters. The molecule has 1 aliphatic rings. The minimum Gasteiger partial charge on any atom is -0.322 e. The Balaban J connectivity index is 1.76. The minimum absolute atomic E-state index is 0.0397. The van der Waals surface area contributed by atoms with E-state index in [0.29, 0.717) is 18.8 Å². The highest BCUT2D eigenvalue weighted by Gasteiger charge is 2.25. The maximum atomic E-state index is 12.8. The number of amides is 1. The number of hydrogen-bond donors (Lipinski definition) is 1. The number of rotatable bonds is 5. The topological polar surface area (TPSA) is 110 Å². The lowest BCUT2D eigenvalue weighted by Gasteiger charge is -2.20. The van der Waals surface area contributed by atoms with E-state index in [1.165, 1.54) is 40.7 Å². The number of benzene rings is 2. The molecule has 2 aromatic rings. The fourth-order valence-corrected chi connectivity index (χ4v) is 4.86. The second kappa shape index (κ2) is 8.89. The highest BCUT2D eigenvalue weighted by molar-refractivity contribution is 7.89. The molecule has 1 aliphatic heterocycles. The number of nitrogens with zero attached hydrogens (tertiary/aromatic N) is 2. The summed E-state index contributed by atoms with van der Waals surface area (Å²) >= 11 is 5.98. The molecule has 10 heteroatoms. The third-order valence-corrected chi connectivity index (χ3v) is 6.96. The van der Waals surface area contributed by atoms with E-state index < -0.39 is 20.9 Å². The number of anilines is 1. The maximum absolute atomic E-state index is 12.8. The fourth-order valence-electron chi connectivity index (χ4n) is 3.14. The van der Waals surface area contributed by atoms with Crippen LogP contribution in [0.3, 0.4) is 0 Å². The van der Waals surface area contributed by atoms with Gasteiger partial charge >= 0.3 is 0 Å². The van der Waals surface area contributed by atoms with Gasteiger partial charge in [-0.1, -0.05) is 24.4 Å². The molecule has 0 radical (unpaired) electrons. The number of hydrogen-bond acceptors (Lipinski definition) is 5. The summed E-state index contributed by atoms with van der Waals surface area (Å²) in [6, 6.07) is 9.42. The van der Waals surface area contributed by atoms with Crippen LogP contribution >= 0.6 is 11.6 Å². The molecule has 0 unspecified atom stereocenters. The van der Waals surface area contributed by atoms with E-state index >= 15 is 0 Å². The van der Waals surface area contributed by atoms with E-state index in [0.717, 1.165) is 31.7 Å². The molecule has 8 nitrogen and oxygen atoms in total. The van der Waals surface area contributed by atoms with Crippen molar-refractivity contribution in [3.8, 4) is 0 Å². The van der Waals surface area contributed by atoms with Crippen molar-refractivity contribution >= 4 is 38.9 Å². The first-order valence-corrected chi connectivity index (χ1v) is 11.0. The van der Waals surface area contributed by atoms with Crippen molar-refractivity contribution < 1.29 is 18.1 Å². The molecule has 0 aliphatic carbocycles. The van der Waals surface area contributed by atoms with Crippen LogP contribution in [0.1, 0.15) is 36.0 Å². The number of nitrogens with one attached hydrogen (secondary N) is 1. The molecular weight excluding hydrogens is 418 g/mol. The summed E-state index contributed by atoms with van der Waals surface area (Å²) in [4.78, 5) is 22.9. The summed E-state index contributed by atoms with van der Waals surface area (Å²) in [6.45, 7) is 1.01. The van der Waals surface area contributed by atoms with Gasteiger partial charge in [0.1, 0.15) is 0 Å². The van der Waals surface area contributed by atoms with Crippen molar-refractivity contribution in [1.29, 1.82) is 0 Å². The van der Waals surface area contributed by atoms with Gasteiger partial charge in [0.15, 0.2) is 0 Å². The van der Waals surface area contributed by atoms with Gasteiger partial charge in [-0.25, -0.2) is 8.42 Å². The first-order chi connectivity index (χ1) is 13.8.